The summed E-state index contributed by atoms with van der Waals surface area (Å²) in [4.78, 5) is 11.0. The average Bonchev–Trinajstić information content (AvgIpc) is 2.72. The first-order valence-electron chi connectivity index (χ1n) is 4.88. The molecule has 0 saturated carbocycles. The zero-order valence-corrected chi connectivity index (χ0v) is 8.45. The van der Waals surface area contributed by atoms with Gasteiger partial charge in [-0.15, -0.1) is 0 Å². The van der Waals surface area contributed by atoms with Crippen LogP contribution in [-0.2, 0) is 29.3 Å². The van der Waals surface area contributed by atoms with Crippen LogP contribution in [0.5, 0.6) is 0 Å². The number of ether oxygens (including phenoxy) is 1. The summed E-state index contributed by atoms with van der Waals surface area (Å²) < 4.78 is 5.31. The molecule has 1 aromatic carbocycles. The number of benzene rings is 1. The Labute approximate surface area is 88.8 Å². The number of amides is 1. The normalized spacial score (nSPS) is 13.3. The maximum Gasteiger partial charge on any atom is 0.243 e. The summed E-state index contributed by atoms with van der Waals surface area (Å²) in [5.74, 6) is -0.147. The minimum Gasteiger partial charge on any atom is -0.372 e. The summed E-state index contributed by atoms with van der Waals surface area (Å²) in [6.07, 6.45) is 1.27. The van der Waals surface area contributed by atoms with E-state index in [0.717, 1.165) is 5.56 Å². The van der Waals surface area contributed by atoms with Crippen LogP contribution in [0.25, 0.3) is 0 Å². The van der Waals surface area contributed by atoms with E-state index in [1.807, 2.05) is 6.07 Å². The molecule has 0 atom stereocenters. The summed E-state index contributed by atoms with van der Waals surface area (Å²) in [6.45, 7) is 5.32. The van der Waals surface area contributed by atoms with E-state index in [0.29, 0.717) is 19.8 Å². The van der Waals surface area contributed by atoms with Gasteiger partial charge in [0, 0.05) is 6.54 Å². The van der Waals surface area contributed by atoms with E-state index in [9.17, 15) is 4.79 Å². The molecule has 0 spiro atoms. The standard InChI is InChI=1S/C12H13NO2/c1-2-12(14)13-6-9-3-4-10-7-15-8-11(10)5-9/h2-5H,1,6-8H2,(H,13,14). The van der Waals surface area contributed by atoms with Gasteiger partial charge in [-0.1, -0.05) is 24.8 Å². The predicted molar refractivity (Wildman–Crippen MR) is 57.0 cm³/mol. The second-order valence-corrected chi connectivity index (χ2v) is 3.52. The van der Waals surface area contributed by atoms with Gasteiger partial charge in [0.2, 0.25) is 5.91 Å². The number of hydrogen-bond acceptors (Lipinski definition) is 2. The molecular weight excluding hydrogens is 190 g/mol. The van der Waals surface area contributed by atoms with E-state index >= 15 is 0 Å². The maximum absolute atomic E-state index is 11.0. The van der Waals surface area contributed by atoms with Crippen LogP contribution in [-0.4, -0.2) is 5.91 Å². The monoisotopic (exact) mass is 203 g/mol. The molecule has 3 heteroatoms. The van der Waals surface area contributed by atoms with Crippen molar-refractivity contribution in [2.75, 3.05) is 0 Å². The van der Waals surface area contributed by atoms with Crippen molar-refractivity contribution in [1.82, 2.24) is 5.32 Å². The largest absolute Gasteiger partial charge is 0.372 e. The summed E-state index contributed by atoms with van der Waals surface area (Å²) in [6, 6.07) is 6.14. The lowest BCUT2D eigenvalue weighted by Gasteiger charge is -2.04. The Morgan fingerprint density at radius 2 is 2.27 bits per heavy atom. The number of hydrogen-bond donors (Lipinski definition) is 1. The molecule has 1 aromatic rings. The van der Waals surface area contributed by atoms with Crippen LogP contribution < -0.4 is 5.32 Å². The van der Waals surface area contributed by atoms with Crippen molar-refractivity contribution in [2.45, 2.75) is 19.8 Å². The molecule has 1 N–H and O–H groups in total. The van der Waals surface area contributed by atoms with Crippen molar-refractivity contribution in [3.8, 4) is 0 Å². The van der Waals surface area contributed by atoms with E-state index < -0.39 is 0 Å². The van der Waals surface area contributed by atoms with E-state index in [1.54, 1.807) is 0 Å². The lowest BCUT2D eigenvalue weighted by atomic mass is 10.1. The molecule has 1 aliphatic heterocycles. The van der Waals surface area contributed by atoms with Crippen molar-refractivity contribution < 1.29 is 9.53 Å². The van der Waals surface area contributed by atoms with Gasteiger partial charge in [-0.05, 0) is 22.8 Å². The number of rotatable bonds is 3. The molecular formula is C12H13NO2. The molecule has 1 heterocycles. The fraction of sp³-hybridized carbons (Fsp3) is 0.250. The van der Waals surface area contributed by atoms with Gasteiger partial charge in [0.15, 0.2) is 0 Å². The highest BCUT2D eigenvalue weighted by molar-refractivity contribution is 5.86. The molecule has 0 aromatic heterocycles. The highest BCUT2D eigenvalue weighted by Gasteiger charge is 2.10. The molecule has 2 rings (SSSR count). The van der Waals surface area contributed by atoms with Crippen molar-refractivity contribution in [3.63, 3.8) is 0 Å². The molecule has 0 saturated heterocycles. The van der Waals surface area contributed by atoms with Gasteiger partial charge in [0.25, 0.3) is 0 Å². The maximum atomic E-state index is 11.0. The Morgan fingerprint density at radius 3 is 3.07 bits per heavy atom. The summed E-state index contributed by atoms with van der Waals surface area (Å²) in [5.41, 5.74) is 3.56. The molecule has 1 aliphatic rings. The van der Waals surface area contributed by atoms with Crippen molar-refractivity contribution in [2.24, 2.45) is 0 Å². The van der Waals surface area contributed by atoms with Gasteiger partial charge in [-0.25, -0.2) is 0 Å². The first kappa shape index (κ1) is 9.93. The summed E-state index contributed by atoms with van der Waals surface area (Å²) in [5, 5.41) is 2.74. The molecule has 15 heavy (non-hydrogen) atoms. The molecule has 1 amide bonds. The van der Waals surface area contributed by atoms with Crippen LogP contribution in [0.3, 0.4) is 0 Å². The summed E-state index contributed by atoms with van der Waals surface area (Å²) >= 11 is 0. The third-order valence-corrected chi connectivity index (χ3v) is 2.44. The van der Waals surface area contributed by atoms with Crippen LogP contribution in [0.15, 0.2) is 30.9 Å². The third-order valence-electron chi connectivity index (χ3n) is 2.44. The smallest absolute Gasteiger partial charge is 0.243 e. The predicted octanol–water partition coefficient (Wildman–Crippen LogP) is 1.52. The zero-order valence-electron chi connectivity index (χ0n) is 8.45. The third kappa shape index (κ3) is 2.25. The minimum atomic E-state index is -0.147. The minimum absolute atomic E-state index is 0.147. The van der Waals surface area contributed by atoms with Gasteiger partial charge in [-0.3, -0.25) is 4.79 Å². The molecule has 0 radical (unpaired) electrons. The van der Waals surface area contributed by atoms with E-state index in [-0.39, 0.29) is 5.91 Å². The van der Waals surface area contributed by atoms with E-state index in [1.165, 1.54) is 17.2 Å². The lowest BCUT2D eigenvalue weighted by Crippen LogP contribution is -2.19. The molecule has 3 nitrogen and oxygen atoms in total. The van der Waals surface area contributed by atoms with Gasteiger partial charge >= 0.3 is 0 Å². The molecule has 0 bridgehead atoms. The number of nitrogens with one attached hydrogen (secondary N) is 1. The SMILES string of the molecule is C=CC(=O)NCc1ccc2c(c1)COC2. The fourth-order valence-corrected chi connectivity index (χ4v) is 1.60. The lowest BCUT2D eigenvalue weighted by molar-refractivity contribution is -0.116. The fourth-order valence-electron chi connectivity index (χ4n) is 1.60. The van der Waals surface area contributed by atoms with Crippen molar-refractivity contribution >= 4 is 5.91 Å². The molecule has 0 fully saturated rings. The first-order valence-corrected chi connectivity index (χ1v) is 4.88. The van der Waals surface area contributed by atoms with Crippen LogP contribution >= 0.6 is 0 Å². The van der Waals surface area contributed by atoms with E-state index in [2.05, 4.69) is 24.0 Å². The number of fused-ring (bicyclic) bond motifs is 1. The molecule has 78 valence electrons. The Hall–Kier alpha value is -1.61. The molecule has 0 aliphatic carbocycles. The highest BCUT2D eigenvalue weighted by atomic mass is 16.5. The van der Waals surface area contributed by atoms with Gasteiger partial charge < -0.3 is 10.1 Å². The zero-order chi connectivity index (χ0) is 10.7. The van der Waals surface area contributed by atoms with Crippen LogP contribution in [0, 0.1) is 0 Å². The Morgan fingerprint density at radius 1 is 1.47 bits per heavy atom. The quantitative estimate of drug-likeness (QED) is 0.756. The Bertz CT molecular complexity index is 399. The van der Waals surface area contributed by atoms with Gasteiger partial charge in [0.1, 0.15) is 0 Å². The van der Waals surface area contributed by atoms with Crippen molar-refractivity contribution in [1.29, 1.82) is 0 Å². The van der Waals surface area contributed by atoms with Gasteiger partial charge in [0.05, 0.1) is 13.2 Å². The van der Waals surface area contributed by atoms with Gasteiger partial charge in [-0.2, -0.15) is 0 Å². The number of carbonyl (C=O) groups excluding carboxylic acids is 1. The van der Waals surface area contributed by atoms with E-state index in [4.69, 9.17) is 4.74 Å². The second kappa shape index (κ2) is 4.28. The van der Waals surface area contributed by atoms with Crippen LogP contribution in [0.4, 0.5) is 0 Å². The van der Waals surface area contributed by atoms with Crippen LogP contribution in [0.1, 0.15) is 16.7 Å². The van der Waals surface area contributed by atoms with Crippen LogP contribution in [0.2, 0.25) is 0 Å². The molecule has 0 unspecified atom stereocenters. The Balaban J connectivity index is 2.04. The average molecular weight is 203 g/mol. The topological polar surface area (TPSA) is 38.3 Å². The van der Waals surface area contributed by atoms with Crippen molar-refractivity contribution in [3.05, 3.63) is 47.5 Å². The first-order chi connectivity index (χ1) is 7.29. The Kier molecular flexibility index (Phi) is 2.83. The summed E-state index contributed by atoms with van der Waals surface area (Å²) in [7, 11) is 0. The second-order valence-electron chi connectivity index (χ2n) is 3.52. The highest BCUT2D eigenvalue weighted by Crippen LogP contribution is 2.20. The number of carbonyl (C=O) groups is 1.